The van der Waals surface area contributed by atoms with Crippen LogP contribution in [0.4, 0.5) is 5.13 Å². The van der Waals surface area contributed by atoms with Crippen molar-refractivity contribution in [2.75, 3.05) is 17.7 Å². The van der Waals surface area contributed by atoms with Gasteiger partial charge in [0.25, 0.3) is 5.91 Å². The lowest BCUT2D eigenvalue weighted by molar-refractivity contribution is -0.118. The van der Waals surface area contributed by atoms with Crippen molar-refractivity contribution in [2.24, 2.45) is 0 Å². The summed E-state index contributed by atoms with van der Waals surface area (Å²) in [4.78, 5) is 11.8. The molecule has 2 aromatic rings. The molecule has 0 unspecified atom stereocenters. The van der Waals surface area contributed by atoms with Crippen molar-refractivity contribution in [1.29, 1.82) is 0 Å². The molecule has 0 saturated heterocycles. The zero-order chi connectivity index (χ0) is 15.2. The number of benzene rings is 1. The number of anilines is 1. The van der Waals surface area contributed by atoms with E-state index in [2.05, 4.69) is 21.6 Å². The zero-order valence-electron chi connectivity index (χ0n) is 12.2. The first-order valence-corrected chi connectivity index (χ1v) is 8.34. The number of aromatic nitrogens is 2. The molecule has 112 valence electrons. The van der Waals surface area contributed by atoms with E-state index >= 15 is 0 Å². The number of amides is 1. The molecule has 1 N–H and O–H groups in total. The first-order chi connectivity index (χ1) is 10.1. The Labute approximate surface area is 132 Å². The lowest BCUT2D eigenvalue weighted by Crippen LogP contribution is -2.20. The monoisotopic (exact) mass is 323 g/mol. The molecule has 7 heteroatoms. The number of ether oxygens (including phenoxy) is 1. The highest BCUT2D eigenvalue weighted by molar-refractivity contribution is 8.01. The molecule has 1 aromatic heterocycles. The lowest BCUT2D eigenvalue weighted by Gasteiger charge is -2.07. The Morgan fingerprint density at radius 2 is 2.00 bits per heavy atom. The van der Waals surface area contributed by atoms with Crippen LogP contribution in [-0.2, 0) is 4.79 Å². The Hall–Kier alpha value is -1.60. The summed E-state index contributed by atoms with van der Waals surface area (Å²) in [6.45, 7) is 5.99. The minimum atomic E-state index is -0.238. The molecule has 2 rings (SSSR count). The number of aryl methyl sites for hydroxylation is 2. The second kappa shape index (κ2) is 7.42. The van der Waals surface area contributed by atoms with Crippen LogP contribution in [-0.4, -0.2) is 28.5 Å². The van der Waals surface area contributed by atoms with Gasteiger partial charge in [-0.1, -0.05) is 36.1 Å². The maximum absolute atomic E-state index is 11.8. The summed E-state index contributed by atoms with van der Waals surface area (Å²) in [6.07, 6.45) is 0. The molecule has 21 heavy (non-hydrogen) atoms. The molecule has 1 amide bonds. The Morgan fingerprint density at radius 1 is 1.29 bits per heavy atom. The van der Waals surface area contributed by atoms with Crippen molar-refractivity contribution in [3.8, 4) is 5.75 Å². The molecule has 0 aliphatic carbocycles. The molecule has 0 aliphatic heterocycles. The van der Waals surface area contributed by atoms with Gasteiger partial charge in [-0.25, -0.2) is 0 Å². The fourth-order valence-corrected chi connectivity index (χ4v) is 3.43. The first-order valence-electron chi connectivity index (χ1n) is 6.54. The molecule has 0 spiro atoms. The van der Waals surface area contributed by atoms with Crippen LogP contribution in [0.1, 0.15) is 18.1 Å². The standard InChI is InChI=1S/C14H17N3O2S2/c1-4-20-14-17-16-13(21-14)15-12(18)8-19-11-6-9(2)5-10(3)7-11/h5-7H,4,8H2,1-3H3,(H,15,16,18). The van der Waals surface area contributed by atoms with Crippen molar-refractivity contribution >= 4 is 34.1 Å². The maximum Gasteiger partial charge on any atom is 0.264 e. The third kappa shape index (κ3) is 5.02. The second-order valence-electron chi connectivity index (χ2n) is 4.47. The van der Waals surface area contributed by atoms with Crippen LogP contribution in [0.25, 0.3) is 0 Å². The number of thioether (sulfide) groups is 1. The van der Waals surface area contributed by atoms with Gasteiger partial charge in [-0.15, -0.1) is 10.2 Å². The summed E-state index contributed by atoms with van der Waals surface area (Å²) in [5.41, 5.74) is 2.21. The third-order valence-corrected chi connectivity index (χ3v) is 4.34. The van der Waals surface area contributed by atoms with Crippen LogP contribution in [0.5, 0.6) is 5.75 Å². The van der Waals surface area contributed by atoms with E-state index in [1.165, 1.54) is 11.3 Å². The summed E-state index contributed by atoms with van der Waals surface area (Å²) in [7, 11) is 0. The van der Waals surface area contributed by atoms with Crippen molar-refractivity contribution < 1.29 is 9.53 Å². The molecule has 0 radical (unpaired) electrons. The molecule has 0 aliphatic rings. The molecule has 1 aromatic carbocycles. The predicted molar refractivity (Wildman–Crippen MR) is 86.3 cm³/mol. The fourth-order valence-electron chi connectivity index (χ4n) is 1.76. The van der Waals surface area contributed by atoms with E-state index in [1.54, 1.807) is 11.8 Å². The van der Waals surface area contributed by atoms with E-state index in [0.717, 1.165) is 21.2 Å². The van der Waals surface area contributed by atoms with Crippen LogP contribution >= 0.6 is 23.1 Å². The normalized spacial score (nSPS) is 10.4. The Kier molecular flexibility index (Phi) is 5.58. The number of rotatable bonds is 6. The third-order valence-electron chi connectivity index (χ3n) is 2.49. The average molecular weight is 323 g/mol. The van der Waals surface area contributed by atoms with Gasteiger partial charge in [-0.2, -0.15) is 0 Å². The maximum atomic E-state index is 11.8. The average Bonchev–Trinajstić information content (AvgIpc) is 2.83. The minimum absolute atomic E-state index is 0.0429. The molecular formula is C14H17N3O2S2. The van der Waals surface area contributed by atoms with Gasteiger partial charge in [0.15, 0.2) is 10.9 Å². The summed E-state index contributed by atoms with van der Waals surface area (Å²) in [5, 5.41) is 11.1. The molecule has 0 atom stereocenters. The Bertz CT molecular complexity index is 608. The number of hydrogen-bond donors (Lipinski definition) is 1. The molecule has 0 bridgehead atoms. The predicted octanol–water partition coefficient (Wildman–Crippen LogP) is 3.28. The number of carbonyl (C=O) groups excluding carboxylic acids is 1. The van der Waals surface area contributed by atoms with E-state index < -0.39 is 0 Å². The van der Waals surface area contributed by atoms with E-state index in [9.17, 15) is 4.79 Å². The van der Waals surface area contributed by atoms with Crippen LogP contribution in [0.3, 0.4) is 0 Å². The van der Waals surface area contributed by atoms with Gasteiger partial charge in [0.2, 0.25) is 5.13 Å². The Morgan fingerprint density at radius 3 is 2.67 bits per heavy atom. The second-order valence-corrected chi connectivity index (χ2v) is 6.96. The highest BCUT2D eigenvalue weighted by Crippen LogP contribution is 2.24. The largest absolute Gasteiger partial charge is 0.484 e. The van der Waals surface area contributed by atoms with Gasteiger partial charge in [0, 0.05) is 0 Å². The highest BCUT2D eigenvalue weighted by atomic mass is 32.2. The lowest BCUT2D eigenvalue weighted by atomic mass is 10.1. The van der Waals surface area contributed by atoms with Gasteiger partial charge < -0.3 is 4.74 Å². The molecule has 1 heterocycles. The number of nitrogens with one attached hydrogen (secondary N) is 1. The summed E-state index contributed by atoms with van der Waals surface area (Å²) in [5.74, 6) is 1.39. The smallest absolute Gasteiger partial charge is 0.264 e. The first kappa shape index (κ1) is 15.8. The van der Waals surface area contributed by atoms with Crippen LogP contribution in [0.2, 0.25) is 0 Å². The van der Waals surface area contributed by atoms with E-state index in [1.807, 2.05) is 32.9 Å². The van der Waals surface area contributed by atoms with Crippen molar-refractivity contribution in [3.05, 3.63) is 29.3 Å². The van der Waals surface area contributed by atoms with Crippen LogP contribution in [0, 0.1) is 13.8 Å². The highest BCUT2D eigenvalue weighted by Gasteiger charge is 2.09. The molecule has 5 nitrogen and oxygen atoms in total. The van der Waals surface area contributed by atoms with E-state index in [-0.39, 0.29) is 12.5 Å². The van der Waals surface area contributed by atoms with Crippen LogP contribution in [0.15, 0.2) is 22.5 Å². The molecular weight excluding hydrogens is 306 g/mol. The number of nitrogens with zero attached hydrogens (tertiary/aromatic N) is 2. The summed E-state index contributed by atoms with van der Waals surface area (Å²) >= 11 is 2.96. The van der Waals surface area contributed by atoms with Gasteiger partial charge in [0.05, 0.1) is 0 Å². The van der Waals surface area contributed by atoms with Gasteiger partial charge >= 0.3 is 0 Å². The number of carbonyl (C=O) groups is 1. The summed E-state index contributed by atoms with van der Waals surface area (Å²) in [6, 6.07) is 5.86. The SMILES string of the molecule is CCSc1nnc(NC(=O)COc2cc(C)cc(C)c2)s1. The van der Waals surface area contributed by atoms with Crippen molar-refractivity contribution in [2.45, 2.75) is 25.1 Å². The van der Waals surface area contributed by atoms with Crippen molar-refractivity contribution in [1.82, 2.24) is 10.2 Å². The quantitative estimate of drug-likeness (QED) is 0.653. The van der Waals surface area contributed by atoms with E-state index in [4.69, 9.17) is 4.74 Å². The van der Waals surface area contributed by atoms with Gasteiger partial charge in [0.1, 0.15) is 5.75 Å². The zero-order valence-corrected chi connectivity index (χ0v) is 13.8. The Balaban J connectivity index is 1.86. The number of hydrogen-bond acceptors (Lipinski definition) is 6. The fraction of sp³-hybridized carbons (Fsp3) is 0.357. The van der Waals surface area contributed by atoms with Gasteiger partial charge in [-0.3, -0.25) is 10.1 Å². The van der Waals surface area contributed by atoms with Crippen molar-refractivity contribution in [3.63, 3.8) is 0 Å². The molecule has 0 saturated carbocycles. The minimum Gasteiger partial charge on any atom is -0.484 e. The topological polar surface area (TPSA) is 64.1 Å². The van der Waals surface area contributed by atoms with Gasteiger partial charge in [-0.05, 0) is 42.9 Å². The molecule has 0 fully saturated rings. The summed E-state index contributed by atoms with van der Waals surface area (Å²) < 4.78 is 6.35. The van der Waals surface area contributed by atoms with E-state index in [0.29, 0.717) is 10.9 Å². The van der Waals surface area contributed by atoms with Crippen LogP contribution < -0.4 is 10.1 Å².